The second kappa shape index (κ2) is 10.2. The SMILES string of the molecule is C1=C(c2ccc(N(c3ccc(C4=Cc5ccccc5C45CC5)cc3)c3ccc(C4=Cc5ccccc5C45CC5)cc3)cc2)C2(CC2)c2ccccc21. The van der Waals surface area contributed by atoms with Crippen LogP contribution in [0.2, 0.25) is 0 Å². The number of anilines is 3. The van der Waals surface area contributed by atoms with Crippen LogP contribution in [0, 0.1) is 0 Å². The van der Waals surface area contributed by atoms with E-state index in [0.717, 1.165) is 0 Å². The third kappa shape index (κ3) is 4.00. The molecule has 0 saturated heterocycles. The van der Waals surface area contributed by atoms with Gasteiger partial charge in [0.15, 0.2) is 0 Å². The molecule has 0 unspecified atom stereocenters. The summed E-state index contributed by atoms with van der Waals surface area (Å²) in [6, 6.07) is 55.1. The Morgan fingerprint density at radius 2 is 0.577 bits per heavy atom. The highest BCUT2D eigenvalue weighted by atomic mass is 15.1. The molecule has 0 bridgehead atoms. The lowest BCUT2D eigenvalue weighted by molar-refractivity contribution is 0.934. The fourth-order valence-electron chi connectivity index (χ4n) is 10.4. The Balaban J connectivity index is 0.916. The predicted octanol–water partition coefficient (Wildman–Crippen LogP) is 12.9. The zero-order valence-corrected chi connectivity index (χ0v) is 29.3. The van der Waals surface area contributed by atoms with Crippen molar-refractivity contribution in [2.24, 2.45) is 0 Å². The standard InChI is InChI=1S/C51H39N/c1-4-10-43-37(7-1)31-46(49(43)25-26-49)34-13-19-40(20-14-34)52(41-21-15-35(16-22-41)47-32-38-8-2-5-11-44(38)50(47)27-28-50)42-23-17-36(18-24-42)48-33-39-9-3-6-12-45(39)51(48)29-30-51/h1-24,31-33H,25-30H2. The molecule has 3 saturated carbocycles. The second-order valence-corrected chi connectivity index (χ2v) is 16.2. The predicted molar refractivity (Wildman–Crippen MR) is 217 cm³/mol. The van der Waals surface area contributed by atoms with Crippen LogP contribution in [0.25, 0.3) is 34.9 Å². The van der Waals surface area contributed by atoms with E-state index in [0.29, 0.717) is 0 Å². The van der Waals surface area contributed by atoms with Crippen LogP contribution in [0.1, 0.15) is 88.6 Å². The third-order valence-corrected chi connectivity index (χ3v) is 13.4. The Kier molecular flexibility index (Phi) is 5.70. The van der Waals surface area contributed by atoms with Crippen LogP contribution in [0.3, 0.4) is 0 Å². The van der Waals surface area contributed by atoms with Gasteiger partial charge in [-0.15, -0.1) is 0 Å². The lowest BCUT2D eigenvalue weighted by Crippen LogP contribution is -2.11. The summed E-state index contributed by atoms with van der Waals surface area (Å²) in [6.07, 6.45) is 14.8. The molecule has 0 atom stereocenters. The molecule has 3 fully saturated rings. The van der Waals surface area contributed by atoms with Gasteiger partial charge in [-0.2, -0.15) is 0 Å². The van der Waals surface area contributed by atoms with Crippen LogP contribution in [-0.4, -0.2) is 0 Å². The van der Waals surface area contributed by atoms with Crippen molar-refractivity contribution >= 4 is 52.0 Å². The van der Waals surface area contributed by atoms with Crippen molar-refractivity contribution in [2.75, 3.05) is 4.90 Å². The van der Waals surface area contributed by atoms with Gasteiger partial charge < -0.3 is 4.90 Å². The van der Waals surface area contributed by atoms with E-state index in [1.807, 2.05) is 0 Å². The molecule has 0 heterocycles. The monoisotopic (exact) mass is 665 g/mol. The fraction of sp³-hybridized carbons (Fsp3) is 0.176. The van der Waals surface area contributed by atoms with Crippen LogP contribution in [-0.2, 0) is 16.2 Å². The third-order valence-electron chi connectivity index (χ3n) is 13.4. The molecule has 6 aromatic rings. The summed E-state index contributed by atoms with van der Waals surface area (Å²) in [7, 11) is 0. The first kappa shape index (κ1) is 29.0. The highest BCUT2D eigenvalue weighted by Crippen LogP contribution is 2.64. The molecule has 0 radical (unpaired) electrons. The van der Waals surface area contributed by atoms with Crippen molar-refractivity contribution in [3.05, 3.63) is 196 Å². The molecule has 52 heavy (non-hydrogen) atoms. The maximum atomic E-state index is 2.44. The number of hydrogen-bond acceptors (Lipinski definition) is 1. The van der Waals surface area contributed by atoms with E-state index < -0.39 is 0 Å². The van der Waals surface area contributed by atoms with Crippen molar-refractivity contribution in [3.63, 3.8) is 0 Å². The average Bonchev–Trinajstić information content (AvgIpc) is 4.13. The molecule has 1 heteroatoms. The Labute approximate surface area is 306 Å². The zero-order chi connectivity index (χ0) is 34.1. The second-order valence-electron chi connectivity index (χ2n) is 16.2. The van der Waals surface area contributed by atoms with Crippen LogP contribution in [0.5, 0.6) is 0 Å². The van der Waals surface area contributed by atoms with Crippen LogP contribution < -0.4 is 4.90 Å². The van der Waals surface area contributed by atoms with Crippen molar-refractivity contribution < 1.29 is 0 Å². The Hall–Kier alpha value is -5.66. The molecule has 6 aliphatic rings. The van der Waals surface area contributed by atoms with Gasteiger partial charge in [0.2, 0.25) is 0 Å². The van der Waals surface area contributed by atoms with Crippen molar-refractivity contribution in [1.82, 2.24) is 0 Å². The molecule has 0 N–H and O–H groups in total. The summed E-state index contributed by atoms with van der Waals surface area (Å²) in [5.74, 6) is 0. The first-order valence-corrected chi connectivity index (χ1v) is 19.2. The zero-order valence-electron chi connectivity index (χ0n) is 29.3. The molecule has 0 aliphatic heterocycles. The number of benzene rings is 6. The van der Waals surface area contributed by atoms with Gasteiger partial charge in [-0.1, -0.05) is 109 Å². The molecule has 6 aromatic carbocycles. The smallest absolute Gasteiger partial charge is 0.0462 e. The summed E-state index contributed by atoms with van der Waals surface area (Å²) in [5.41, 5.74) is 21.4. The molecule has 0 aromatic heterocycles. The molecule has 3 spiro atoms. The Bertz CT molecular complexity index is 2260. The lowest BCUT2D eigenvalue weighted by atomic mass is 9.88. The largest absolute Gasteiger partial charge is 0.311 e. The Morgan fingerprint density at radius 1 is 0.308 bits per heavy atom. The van der Waals surface area contributed by atoms with Crippen LogP contribution in [0.15, 0.2) is 146 Å². The molecule has 1 nitrogen and oxygen atoms in total. The van der Waals surface area contributed by atoms with Gasteiger partial charge in [-0.05, 0) is 160 Å². The number of rotatable bonds is 6. The topological polar surface area (TPSA) is 3.24 Å². The Morgan fingerprint density at radius 3 is 0.846 bits per heavy atom. The van der Waals surface area contributed by atoms with E-state index in [9.17, 15) is 0 Å². The summed E-state index contributed by atoms with van der Waals surface area (Å²) < 4.78 is 0. The number of hydrogen-bond donors (Lipinski definition) is 0. The normalized spacial score (nSPS) is 19.5. The lowest BCUT2D eigenvalue weighted by Gasteiger charge is -2.27. The minimum Gasteiger partial charge on any atom is -0.311 e. The minimum absolute atomic E-state index is 0.213. The summed E-state index contributed by atoms with van der Waals surface area (Å²) in [4.78, 5) is 2.44. The van der Waals surface area contributed by atoms with E-state index >= 15 is 0 Å². The van der Waals surface area contributed by atoms with Gasteiger partial charge in [0.05, 0.1) is 0 Å². The van der Waals surface area contributed by atoms with Crippen molar-refractivity contribution in [3.8, 4) is 0 Å². The first-order chi connectivity index (χ1) is 25.7. The van der Waals surface area contributed by atoms with Gasteiger partial charge in [0, 0.05) is 33.3 Å². The molecule has 12 rings (SSSR count). The van der Waals surface area contributed by atoms with E-state index in [1.54, 1.807) is 0 Å². The van der Waals surface area contributed by atoms with Gasteiger partial charge >= 0.3 is 0 Å². The number of nitrogens with zero attached hydrogens (tertiary/aromatic N) is 1. The summed E-state index contributed by atoms with van der Waals surface area (Å²) in [6.45, 7) is 0. The van der Waals surface area contributed by atoms with Crippen molar-refractivity contribution in [1.29, 1.82) is 0 Å². The van der Waals surface area contributed by atoms with E-state index in [1.165, 1.54) is 122 Å². The average molecular weight is 666 g/mol. The van der Waals surface area contributed by atoms with Gasteiger partial charge in [-0.3, -0.25) is 0 Å². The van der Waals surface area contributed by atoms with E-state index in [2.05, 4.69) is 169 Å². The van der Waals surface area contributed by atoms with Gasteiger partial charge in [0.25, 0.3) is 0 Å². The first-order valence-electron chi connectivity index (χ1n) is 19.2. The van der Waals surface area contributed by atoms with E-state index in [4.69, 9.17) is 0 Å². The summed E-state index contributed by atoms with van der Waals surface area (Å²) >= 11 is 0. The number of fused-ring (bicyclic) bond motifs is 6. The fourth-order valence-corrected chi connectivity index (χ4v) is 10.4. The van der Waals surface area contributed by atoms with E-state index in [-0.39, 0.29) is 16.2 Å². The molecular weight excluding hydrogens is 627 g/mol. The molecular formula is C51H39N. The highest BCUT2D eigenvalue weighted by Gasteiger charge is 2.53. The minimum atomic E-state index is 0.213. The number of allylic oxidation sites excluding steroid dienone is 3. The van der Waals surface area contributed by atoms with Crippen LogP contribution in [0.4, 0.5) is 17.1 Å². The van der Waals surface area contributed by atoms with Gasteiger partial charge in [0.1, 0.15) is 0 Å². The summed E-state index contributed by atoms with van der Waals surface area (Å²) in [5, 5.41) is 0. The maximum Gasteiger partial charge on any atom is 0.0462 e. The maximum absolute atomic E-state index is 2.44. The molecule has 248 valence electrons. The molecule has 0 amide bonds. The molecule has 6 aliphatic carbocycles. The van der Waals surface area contributed by atoms with Crippen LogP contribution >= 0.6 is 0 Å². The quantitative estimate of drug-likeness (QED) is 0.171. The van der Waals surface area contributed by atoms with Gasteiger partial charge in [-0.25, -0.2) is 0 Å². The highest BCUT2D eigenvalue weighted by molar-refractivity contribution is 5.99. The van der Waals surface area contributed by atoms with Crippen molar-refractivity contribution in [2.45, 2.75) is 54.8 Å².